The van der Waals surface area contributed by atoms with E-state index in [1.807, 2.05) is 24.3 Å². The van der Waals surface area contributed by atoms with Crippen molar-refractivity contribution in [2.75, 3.05) is 0 Å². The Hall–Kier alpha value is -2.34. The van der Waals surface area contributed by atoms with Crippen LogP contribution in [0, 0.1) is 11.2 Å². The van der Waals surface area contributed by atoms with E-state index in [1.54, 1.807) is 12.1 Å². The first kappa shape index (κ1) is 13.6. The third kappa shape index (κ3) is 2.75. The van der Waals surface area contributed by atoms with Gasteiger partial charge in [0.05, 0.1) is 16.6 Å². The number of nitrogens with zero attached hydrogens (tertiary/aromatic N) is 1. The highest BCUT2D eigenvalue weighted by atomic mass is 32.2. The highest BCUT2D eigenvalue weighted by Gasteiger charge is 2.11. The Bertz CT molecular complexity index is 779. The topological polar surface area (TPSA) is 78.6 Å². The number of H-pyrrole nitrogens is 1. The van der Waals surface area contributed by atoms with Crippen LogP contribution in [0.2, 0.25) is 0 Å². The molecule has 0 aliphatic rings. The average molecular weight is 300 g/mol. The maximum atomic E-state index is 14.2. The fourth-order valence-electron chi connectivity index (χ4n) is 2.04. The molecule has 4 N–H and O–H groups in total. The molecule has 106 valence electrons. The van der Waals surface area contributed by atoms with Gasteiger partial charge in [0.2, 0.25) is 0 Å². The highest BCUT2D eigenvalue weighted by Crippen LogP contribution is 2.25. The SMILES string of the molecule is N=C(N)c1cccc(CSc2nc3ccccc3[nH]2)c1F. The van der Waals surface area contributed by atoms with Crippen LogP contribution in [0.5, 0.6) is 0 Å². The predicted molar refractivity (Wildman–Crippen MR) is 83.1 cm³/mol. The van der Waals surface area contributed by atoms with Crippen molar-refractivity contribution in [2.45, 2.75) is 10.9 Å². The maximum absolute atomic E-state index is 14.2. The van der Waals surface area contributed by atoms with E-state index in [1.165, 1.54) is 17.8 Å². The number of thioether (sulfide) groups is 1. The lowest BCUT2D eigenvalue weighted by Gasteiger charge is -2.06. The van der Waals surface area contributed by atoms with Crippen LogP contribution in [0.15, 0.2) is 47.6 Å². The van der Waals surface area contributed by atoms with Gasteiger partial charge in [-0.25, -0.2) is 9.37 Å². The van der Waals surface area contributed by atoms with E-state index in [9.17, 15) is 4.39 Å². The number of imidazole rings is 1. The molecule has 0 spiro atoms. The Morgan fingerprint density at radius 1 is 1.24 bits per heavy atom. The van der Waals surface area contributed by atoms with Gasteiger partial charge in [-0.15, -0.1) is 0 Å². The first-order chi connectivity index (χ1) is 10.1. The van der Waals surface area contributed by atoms with Crippen LogP contribution in [0.4, 0.5) is 4.39 Å². The molecule has 0 unspecified atom stereocenters. The van der Waals surface area contributed by atoms with Gasteiger partial charge >= 0.3 is 0 Å². The minimum atomic E-state index is -0.436. The van der Waals surface area contributed by atoms with E-state index < -0.39 is 5.82 Å². The number of benzene rings is 2. The zero-order chi connectivity index (χ0) is 14.8. The molecule has 3 aromatic rings. The van der Waals surface area contributed by atoms with Gasteiger partial charge in [-0.05, 0) is 23.8 Å². The highest BCUT2D eigenvalue weighted by molar-refractivity contribution is 7.98. The van der Waals surface area contributed by atoms with Crippen molar-refractivity contribution < 1.29 is 4.39 Å². The van der Waals surface area contributed by atoms with Gasteiger partial charge in [0, 0.05) is 5.75 Å². The largest absolute Gasteiger partial charge is 0.384 e. The van der Waals surface area contributed by atoms with Gasteiger partial charge in [-0.1, -0.05) is 36.0 Å². The quantitative estimate of drug-likeness (QED) is 0.393. The standard InChI is InChI=1S/C15H13FN4S/c16-13-9(4-3-5-10(13)14(17)18)8-21-15-19-11-6-1-2-7-12(11)20-15/h1-7H,8H2,(H3,17,18)(H,19,20). The van der Waals surface area contributed by atoms with Crippen LogP contribution in [0.3, 0.4) is 0 Å². The van der Waals surface area contributed by atoms with Gasteiger partial charge in [-0.3, -0.25) is 5.41 Å². The van der Waals surface area contributed by atoms with Gasteiger partial charge in [0.1, 0.15) is 11.7 Å². The van der Waals surface area contributed by atoms with Crippen molar-refractivity contribution in [1.29, 1.82) is 5.41 Å². The Balaban J connectivity index is 1.81. The van der Waals surface area contributed by atoms with Gasteiger partial charge in [-0.2, -0.15) is 0 Å². The van der Waals surface area contributed by atoms with E-state index in [4.69, 9.17) is 11.1 Å². The minimum absolute atomic E-state index is 0.137. The van der Waals surface area contributed by atoms with Crippen LogP contribution < -0.4 is 5.73 Å². The van der Waals surface area contributed by atoms with Crippen LogP contribution in [0.25, 0.3) is 11.0 Å². The molecule has 0 radical (unpaired) electrons. The van der Waals surface area contributed by atoms with Crippen LogP contribution >= 0.6 is 11.8 Å². The molecule has 2 aromatic carbocycles. The number of hydrogen-bond acceptors (Lipinski definition) is 3. The van der Waals surface area contributed by atoms with E-state index in [2.05, 4.69) is 9.97 Å². The number of rotatable bonds is 4. The molecule has 0 bridgehead atoms. The molecule has 0 saturated carbocycles. The smallest absolute Gasteiger partial charge is 0.166 e. The van der Waals surface area contributed by atoms with E-state index >= 15 is 0 Å². The molecular weight excluding hydrogens is 287 g/mol. The molecule has 0 saturated heterocycles. The number of halogens is 1. The molecule has 21 heavy (non-hydrogen) atoms. The molecule has 4 nitrogen and oxygen atoms in total. The third-order valence-corrected chi connectivity index (χ3v) is 4.02. The number of aromatic nitrogens is 2. The zero-order valence-corrected chi connectivity index (χ0v) is 11.9. The molecule has 1 aromatic heterocycles. The van der Waals surface area contributed by atoms with Crippen molar-refractivity contribution in [1.82, 2.24) is 9.97 Å². The first-order valence-corrected chi connectivity index (χ1v) is 7.33. The van der Waals surface area contributed by atoms with Crippen LogP contribution in [-0.4, -0.2) is 15.8 Å². The number of nitrogen functional groups attached to an aromatic ring is 1. The maximum Gasteiger partial charge on any atom is 0.166 e. The number of hydrogen-bond donors (Lipinski definition) is 3. The molecule has 0 atom stereocenters. The molecule has 0 fully saturated rings. The molecule has 0 amide bonds. The van der Waals surface area contributed by atoms with E-state index in [0.717, 1.165) is 16.2 Å². The Kier molecular flexibility index (Phi) is 3.62. The minimum Gasteiger partial charge on any atom is -0.384 e. The second kappa shape index (κ2) is 5.57. The van der Waals surface area contributed by atoms with Crippen LogP contribution in [-0.2, 0) is 5.75 Å². The number of amidine groups is 1. The summed E-state index contributed by atoms with van der Waals surface area (Å²) in [5.41, 5.74) is 7.85. The molecule has 6 heteroatoms. The fourth-order valence-corrected chi connectivity index (χ4v) is 2.90. The third-order valence-electron chi connectivity index (χ3n) is 3.10. The molecule has 3 rings (SSSR count). The second-order valence-electron chi connectivity index (χ2n) is 4.54. The van der Waals surface area contributed by atoms with Crippen LogP contribution in [0.1, 0.15) is 11.1 Å². The lowest BCUT2D eigenvalue weighted by atomic mass is 10.1. The van der Waals surface area contributed by atoms with Gasteiger partial charge in [0.25, 0.3) is 0 Å². The number of aromatic amines is 1. The predicted octanol–water partition coefficient (Wildman–Crippen LogP) is 3.28. The van der Waals surface area contributed by atoms with E-state index in [0.29, 0.717) is 11.3 Å². The summed E-state index contributed by atoms with van der Waals surface area (Å²) in [6.07, 6.45) is 0. The Morgan fingerprint density at radius 2 is 2.05 bits per heavy atom. The number of nitrogens with one attached hydrogen (secondary N) is 2. The Morgan fingerprint density at radius 3 is 2.81 bits per heavy atom. The van der Waals surface area contributed by atoms with Crippen molar-refractivity contribution >= 4 is 28.6 Å². The number of para-hydroxylation sites is 2. The summed E-state index contributed by atoms with van der Waals surface area (Å²) >= 11 is 1.42. The monoisotopic (exact) mass is 300 g/mol. The molecular formula is C15H13FN4S. The van der Waals surface area contributed by atoms with Crippen molar-refractivity contribution in [3.63, 3.8) is 0 Å². The molecule has 0 aliphatic carbocycles. The van der Waals surface area contributed by atoms with Crippen molar-refractivity contribution in [3.05, 3.63) is 59.4 Å². The number of fused-ring (bicyclic) bond motifs is 1. The summed E-state index contributed by atoms with van der Waals surface area (Å²) in [7, 11) is 0. The summed E-state index contributed by atoms with van der Waals surface area (Å²) in [6, 6.07) is 12.6. The molecule has 0 aliphatic heterocycles. The normalized spacial score (nSPS) is 10.9. The summed E-state index contributed by atoms with van der Waals surface area (Å²) < 4.78 is 14.2. The number of nitrogens with two attached hydrogens (primary N) is 1. The fraction of sp³-hybridized carbons (Fsp3) is 0.0667. The van der Waals surface area contributed by atoms with E-state index in [-0.39, 0.29) is 11.4 Å². The summed E-state index contributed by atoms with van der Waals surface area (Å²) in [5.74, 6) is -0.274. The van der Waals surface area contributed by atoms with Crippen molar-refractivity contribution in [2.24, 2.45) is 5.73 Å². The summed E-state index contributed by atoms with van der Waals surface area (Å²) in [6.45, 7) is 0. The van der Waals surface area contributed by atoms with Gasteiger partial charge < -0.3 is 10.7 Å². The average Bonchev–Trinajstić information content (AvgIpc) is 2.88. The Labute approximate surface area is 125 Å². The summed E-state index contributed by atoms with van der Waals surface area (Å²) in [5, 5.41) is 8.09. The van der Waals surface area contributed by atoms with Gasteiger partial charge in [0.15, 0.2) is 5.16 Å². The van der Waals surface area contributed by atoms with Crippen molar-refractivity contribution in [3.8, 4) is 0 Å². The second-order valence-corrected chi connectivity index (χ2v) is 5.50. The lowest BCUT2D eigenvalue weighted by Crippen LogP contribution is -2.14. The lowest BCUT2D eigenvalue weighted by molar-refractivity contribution is 0.614. The molecule has 1 heterocycles. The first-order valence-electron chi connectivity index (χ1n) is 6.34. The zero-order valence-electron chi connectivity index (χ0n) is 11.1. The summed E-state index contributed by atoms with van der Waals surface area (Å²) in [4.78, 5) is 7.62.